The highest BCUT2D eigenvalue weighted by Gasteiger charge is 2.55. The molecule has 12 unspecified atom stereocenters. The van der Waals surface area contributed by atoms with Gasteiger partial charge >= 0.3 is 0 Å². The molecule has 2 heterocycles. The quantitative estimate of drug-likeness (QED) is 0.267. The van der Waals surface area contributed by atoms with E-state index in [1.54, 1.807) is 6.08 Å². The molecule has 10 heteroatoms. The molecule has 0 spiro atoms. The van der Waals surface area contributed by atoms with Crippen molar-refractivity contribution in [2.45, 2.75) is 93.3 Å². The molecule has 2 aliphatic heterocycles. The van der Waals surface area contributed by atoms with Crippen molar-refractivity contribution >= 4 is 5.78 Å². The van der Waals surface area contributed by atoms with Crippen LogP contribution in [0.5, 0.6) is 0 Å². The summed E-state index contributed by atoms with van der Waals surface area (Å²) in [5, 5.41) is 60.0. The molecule has 176 valence electrons. The summed E-state index contributed by atoms with van der Waals surface area (Å²) in [4.78, 5) is 12.8. The number of ether oxygens (including phenoxy) is 3. The number of aliphatic hydroxyl groups is 6. The van der Waals surface area contributed by atoms with Gasteiger partial charge in [0.25, 0.3) is 0 Å². The minimum atomic E-state index is -1.37. The topological polar surface area (TPSA) is 166 Å². The van der Waals surface area contributed by atoms with Gasteiger partial charge in [0.05, 0.1) is 36.9 Å². The summed E-state index contributed by atoms with van der Waals surface area (Å²) in [7, 11) is 0. The van der Waals surface area contributed by atoms with Crippen LogP contribution in [0.4, 0.5) is 0 Å². The molecule has 0 amide bonds. The number of fused-ring (bicyclic) bond motifs is 2. The first-order chi connectivity index (χ1) is 14.8. The summed E-state index contributed by atoms with van der Waals surface area (Å²) in [6.07, 6.45) is -4.32. The minimum absolute atomic E-state index is 0.0126. The van der Waals surface area contributed by atoms with E-state index >= 15 is 0 Å². The van der Waals surface area contributed by atoms with Gasteiger partial charge in [-0.3, -0.25) is 4.79 Å². The van der Waals surface area contributed by atoms with Crippen molar-refractivity contribution in [2.24, 2.45) is 11.8 Å². The van der Waals surface area contributed by atoms with Crippen LogP contribution in [0.1, 0.15) is 32.1 Å². The normalized spacial score (nSPS) is 50.6. The number of rotatable bonds is 4. The van der Waals surface area contributed by atoms with Gasteiger partial charge in [0.2, 0.25) is 0 Å². The molecule has 0 bridgehead atoms. The molecule has 4 rings (SSSR count). The number of aliphatic hydroxyl groups excluding tert-OH is 6. The molecule has 2 saturated carbocycles. The number of allylic oxidation sites excluding steroid dienone is 2. The van der Waals surface area contributed by atoms with Crippen LogP contribution in [-0.4, -0.2) is 104 Å². The van der Waals surface area contributed by atoms with Gasteiger partial charge in [0.1, 0.15) is 30.5 Å². The lowest BCUT2D eigenvalue weighted by molar-refractivity contribution is -0.379. The van der Waals surface area contributed by atoms with Crippen molar-refractivity contribution in [3.8, 4) is 0 Å². The molecule has 10 nitrogen and oxygen atoms in total. The molecule has 6 N–H and O–H groups in total. The predicted octanol–water partition coefficient (Wildman–Crippen LogP) is -2.00. The Kier molecular flexibility index (Phi) is 7.11. The monoisotopic (exact) mass is 444 g/mol. The van der Waals surface area contributed by atoms with Gasteiger partial charge in [-0.15, -0.1) is 0 Å². The molecule has 0 aromatic heterocycles. The molecular formula is C21H32O10. The fourth-order valence-electron chi connectivity index (χ4n) is 5.11. The lowest BCUT2D eigenvalue weighted by Crippen LogP contribution is -2.67. The Hall–Kier alpha value is -0.950. The molecule has 12 atom stereocenters. The first-order valence-corrected chi connectivity index (χ1v) is 11.0. The lowest BCUT2D eigenvalue weighted by Gasteiger charge is -2.51. The molecule has 2 saturated heterocycles. The van der Waals surface area contributed by atoms with E-state index in [1.807, 2.05) is 0 Å². The first kappa shape index (κ1) is 23.2. The average molecular weight is 444 g/mol. The Morgan fingerprint density at radius 2 is 1.61 bits per heavy atom. The average Bonchev–Trinajstić information content (AvgIpc) is 2.76. The summed E-state index contributed by atoms with van der Waals surface area (Å²) in [5.41, 5.74) is 0. The Labute approximate surface area is 180 Å². The van der Waals surface area contributed by atoms with Gasteiger partial charge in [-0.2, -0.15) is 0 Å². The van der Waals surface area contributed by atoms with Crippen LogP contribution in [0, 0.1) is 11.8 Å². The van der Waals surface area contributed by atoms with Crippen LogP contribution in [0.25, 0.3) is 0 Å². The van der Waals surface area contributed by atoms with Crippen molar-refractivity contribution in [3.05, 3.63) is 12.2 Å². The maximum atomic E-state index is 12.8. The molecule has 31 heavy (non-hydrogen) atoms. The van der Waals surface area contributed by atoms with E-state index in [2.05, 4.69) is 0 Å². The third kappa shape index (κ3) is 4.59. The van der Waals surface area contributed by atoms with Crippen molar-refractivity contribution in [1.82, 2.24) is 0 Å². The second-order valence-electron chi connectivity index (χ2n) is 9.09. The molecule has 0 radical (unpaired) electrons. The van der Waals surface area contributed by atoms with E-state index < -0.39 is 73.8 Å². The van der Waals surface area contributed by atoms with E-state index in [0.29, 0.717) is 32.1 Å². The van der Waals surface area contributed by atoms with E-state index in [-0.39, 0.29) is 11.7 Å². The van der Waals surface area contributed by atoms with Gasteiger partial charge in [0.15, 0.2) is 12.1 Å². The molecule has 0 aromatic carbocycles. The summed E-state index contributed by atoms with van der Waals surface area (Å²) < 4.78 is 17.2. The highest BCUT2D eigenvalue weighted by atomic mass is 16.7. The summed E-state index contributed by atoms with van der Waals surface area (Å²) in [6.45, 7) is -0.485. The standard InChI is InChI=1S/C21H32O10/c22-8-15-17(27)18(28)20-21(30-15)29-14-6-3-10(16(26)19(14)31-20)11(23)4-1-9-2-5-12(24)13(25)7-9/h1,4,9-10,12-22,24-28H,2-3,5-8H2/b4-1+. The minimum Gasteiger partial charge on any atom is -0.394 e. The third-order valence-corrected chi connectivity index (χ3v) is 7.04. The van der Waals surface area contributed by atoms with Gasteiger partial charge < -0.3 is 44.8 Å². The molecule has 0 aromatic rings. The van der Waals surface area contributed by atoms with Crippen LogP contribution in [-0.2, 0) is 19.0 Å². The Morgan fingerprint density at radius 3 is 2.32 bits per heavy atom. The summed E-state index contributed by atoms with van der Waals surface area (Å²) >= 11 is 0. The summed E-state index contributed by atoms with van der Waals surface area (Å²) in [6, 6.07) is 0. The number of carbonyl (C=O) groups excluding carboxylic acids is 1. The Bertz CT molecular complexity index is 671. The second-order valence-corrected chi connectivity index (χ2v) is 9.09. The van der Waals surface area contributed by atoms with E-state index in [1.165, 1.54) is 6.08 Å². The first-order valence-electron chi connectivity index (χ1n) is 11.0. The van der Waals surface area contributed by atoms with E-state index in [4.69, 9.17) is 14.2 Å². The highest BCUT2D eigenvalue weighted by Crippen LogP contribution is 2.39. The number of hydrogen-bond acceptors (Lipinski definition) is 10. The van der Waals surface area contributed by atoms with E-state index in [9.17, 15) is 35.4 Å². The van der Waals surface area contributed by atoms with E-state index in [0.717, 1.165) is 0 Å². The fraction of sp³-hybridized carbons (Fsp3) is 0.857. The van der Waals surface area contributed by atoms with Gasteiger partial charge in [-0.1, -0.05) is 6.08 Å². The van der Waals surface area contributed by atoms with Crippen molar-refractivity contribution < 1.29 is 49.6 Å². The highest BCUT2D eigenvalue weighted by molar-refractivity contribution is 5.92. The van der Waals surface area contributed by atoms with Crippen LogP contribution in [0.15, 0.2) is 12.2 Å². The van der Waals surface area contributed by atoms with Crippen LogP contribution < -0.4 is 0 Å². The molecule has 2 aliphatic carbocycles. The largest absolute Gasteiger partial charge is 0.394 e. The van der Waals surface area contributed by atoms with Crippen molar-refractivity contribution in [1.29, 1.82) is 0 Å². The molecular weight excluding hydrogens is 412 g/mol. The SMILES string of the molecule is O=C(/C=C/C1CCC(O)C(O)C1)C1CCC2OC3OC(CO)C(O)C(O)C3OC2C1O. The molecule has 4 fully saturated rings. The maximum absolute atomic E-state index is 12.8. The van der Waals surface area contributed by atoms with Gasteiger partial charge in [-0.05, 0) is 44.1 Å². The van der Waals surface area contributed by atoms with Crippen LogP contribution in [0.3, 0.4) is 0 Å². The van der Waals surface area contributed by atoms with Crippen LogP contribution in [0.2, 0.25) is 0 Å². The smallest absolute Gasteiger partial charge is 0.187 e. The fourth-order valence-corrected chi connectivity index (χ4v) is 5.11. The third-order valence-electron chi connectivity index (χ3n) is 7.04. The Balaban J connectivity index is 1.38. The van der Waals surface area contributed by atoms with Gasteiger partial charge in [0, 0.05) is 0 Å². The van der Waals surface area contributed by atoms with Crippen molar-refractivity contribution in [3.63, 3.8) is 0 Å². The zero-order chi connectivity index (χ0) is 22.3. The lowest BCUT2D eigenvalue weighted by atomic mass is 9.78. The van der Waals surface area contributed by atoms with Crippen LogP contribution >= 0.6 is 0 Å². The van der Waals surface area contributed by atoms with Gasteiger partial charge in [-0.25, -0.2) is 0 Å². The second kappa shape index (κ2) is 9.50. The maximum Gasteiger partial charge on any atom is 0.187 e. The number of hydrogen-bond donors (Lipinski definition) is 6. The molecule has 4 aliphatic rings. The zero-order valence-electron chi connectivity index (χ0n) is 17.1. The number of carbonyl (C=O) groups is 1. The number of ketones is 1. The van der Waals surface area contributed by atoms with Crippen molar-refractivity contribution in [2.75, 3.05) is 6.61 Å². The summed E-state index contributed by atoms with van der Waals surface area (Å²) in [5.74, 6) is -0.965. The zero-order valence-corrected chi connectivity index (χ0v) is 17.1. The Morgan fingerprint density at radius 1 is 0.839 bits per heavy atom. The predicted molar refractivity (Wildman–Crippen MR) is 104 cm³/mol.